The Hall–Kier alpha value is -1.13. The quantitative estimate of drug-likeness (QED) is 0.843. The van der Waals surface area contributed by atoms with Gasteiger partial charge in [-0.2, -0.15) is 0 Å². The number of rotatable bonds is 4. The molecule has 0 fully saturated rings. The molecular formula is C13H22N4. The van der Waals surface area contributed by atoms with E-state index in [9.17, 15) is 0 Å². The average Bonchev–Trinajstić information content (AvgIpc) is 2.29. The monoisotopic (exact) mass is 234 g/mol. The number of nitrogen functional groups attached to an aromatic ring is 1. The van der Waals surface area contributed by atoms with Gasteiger partial charge in [-0.3, -0.25) is 4.90 Å². The van der Waals surface area contributed by atoms with Crippen LogP contribution in [0.4, 0.5) is 5.82 Å². The van der Waals surface area contributed by atoms with E-state index in [1.54, 1.807) is 0 Å². The van der Waals surface area contributed by atoms with Crippen LogP contribution in [0.3, 0.4) is 0 Å². The predicted octanol–water partition coefficient (Wildman–Crippen LogP) is 0.974. The van der Waals surface area contributed by atoms with E-state index in [0.29, 0.717) is 5.82 Å². The fraction of sp³-hybridized carbons (Fsp3) is 0.615. The number of fused-ring (bicyclic) bond motifs is 1. The van der Waals surface area contributed by atoms with Gasteiger partial charge in [0.1, 0.15) is 5.82 Å². The summed E-state index contributed by atoms with van der Waals surface area (Å²) in [7, 11) is 4.25. The van der Waals surface area contributed by atoms with Crippen molar-refractivity contribution in [3.05, 3.63) is 23.4 Å². The largest absolute Gasteiger partial charge is 0.384 e. The van der Waals surface area contributed by atoms with Crippen LogP contribution >= 0.6 is 0 Å². The van der Waals surface area contributed by atoms with Gasteiger partial charge >= 0.3 is 0 Å². The van der Waals surface area contributed by atoms with Gasteiger partial charge in [0.25, 0.3) is 0 Å². The van der Waals surface area contributed by atoms with Crippen LogP contribution in [0.2, 0.25) is 0 Å². The molecule has 0 amide bonds. The summed E-state index contributed by atoms with van der Waals surface area (Å²) in [5, 5.41) is 0. The van der Waals surface area contributed by atoms with Crippen LogP contribution in [0.25, 0.3) is 0 Å². The smallest absolute Gasteiger partial charge is 0.123 e. The highest BCUT2D eigenvalue weighted by Gasteiger charge is 2.16. The summed E-state index contributed by atoms with van der Waals surface area (Å²) in [5.74, 6) is 0.643. The van der Waals surface area contributed by atoms with Crippen molar-refractivity contribution in [2.24, 2.45) is 0 Å². The van der Waals surface area contributed by atoms with Gasteiger partial charge in [-0.1, -0.05) is 6.07 Å². The molecule has 4 heteroatoms. The first-order valence-corrected chi connectivity index (χ1v) is 6.26. The predicted molar refractivity (Wildman–Crippen MR) is 70.8 cm³/mol. The van der Waals surface area contributed by atoms with Gasteiger partial charge in [0.15, 0.2) is 0 Å². The molecule has 2 N–H and O–H groups in total. The highest BCUT2D eigenvalue weighted by Crippen LogP contribution is 2.18. The molecule has 0 spiro atoms. The molecule has 1 aromatic heterocycles. The van der Waals surface area contributed by atoms with Crippen LogP contribution in [0.15, 0.2) is 12.1 Å². The van der Waals surface area contributed by atoms with Gasteiger partial charge in [-0.15, -0.1) is 0 Å². The van der Waals surface area contributed by atoms with E-state index >= 15 is 0 Å². The topological polar surface area (TPSA) is 45.4 Å². The van der Waals surface area contributed by atoms with E-state index in [1.165, 1.54) is 24.2 Å². The van der Waals surface area contributed by atoms with Gasteiger partial charge in [-0.05, 0) is 45.2 Å². The SMILES string of the molecule is CN(C)CCCN1CCc2nc(N)ccc2C1. The molecule has 2 heterocycles. The van der Waals surface area contributed by atoms with Gasteiger partial charge in [-0.25, -0.2) is 4.98 Å². The minimum atomic E-state index is 0.643. The van der Waals surface area contributed by atoms with Crippen molar-refractivity contribution in [2.45, 2.75) is 19.4 Å². The number of hydrogen-bond donors (Lipinski definition) is 1. The molecule has 1 aromatic rings. The Morgan fingerprint density at radius 2 is 2.24 bits per heavy atom. The van der Waals surface area contributed by atoms with Crippen molar-refractivity contribution < 1.29 is 0 Å². The van der Waals surface area contributed by atoms with Crippen molar-refractivity contribution >= 4 is 5.82 Å². The van der Waals surface area contributed by atoms with E-state index in [4.69, 9.17) is 5.73 Å². The molecule has 0 atom stereocenters. The first-order valence-electron chi connectivity index (χ1n) is 6.26. The third-order valence-electron chi connectivity index (χ3n) is 3.23. The fourth-order valence-electron chi connectivity index (χ4n) is 2.29. The highest BCUT2D eigenvalue weighted by molar-refractivity contribution is 5.35. The summed E-state index contributed by atoms with van der Waals surface area (Å²) in [6.07, 6.45) is 2.26. The summed E-state index contributed by atoms with van der Waals surface area (Å²) in [4.78, 5) is 9.14. The summed E-state index contributed by atoms with van der Waals surface area (Å²) in [6, 6.07) is 4.03. The van der Waals surface area contributed by atoms with Gasteiger partial charge < -0.3 is 10.6 Å². The lowest BCUT2D eigenvalue weighted by Gasteiger charge is -2.28. The standard InChI is InChI=1S/C13H22N4/c1-16(2)7-3-8-17-9-6-12-11(10-17)4-5-13(14)15-12/h4-5H,3,6-10H2,1-2H3,(H2,14,15). The maximum Gasteiger partial charge on any atom is 0.123 e. The Kier molecular flexibility index (Phi) is 3.97. The number of hydrogen-bond acceptors (Lipinski definition) is 4. The summed E-state index contributed by atoms with van der Waals surface area (Å²) >= 11 is 0. The lowest BCUT2D eigenvalue weighted by molar-refractivity contribution is 0.236. The molecule has 0 saturated heterocycles. The maximum absolute atomic E-state index is 5.70. The molecule has 0 aliphatic carbocycles. The van der Waals surface area contributed by atoms with Gasteiger partial charge in [0, 0.05) is 25.2 Å². The number of anilines is 1. The number of aromatic nitrogens is 1. The highest BCUT2D eigenvalue weighted by atomic mass is 15.1. The Labute approximate surface area is 103 Å². The Bertz CT molecular complexity index is 376. The fourth-order valence-corrected chi connectivity index (χ4v) is 2.29. The number of pyridine rings is 1. The Morgan fingerprint density at radius 1 is 1.41 bits per heavy atom. The van der Waals surface area contributed by atoms with Crippen LogP contribution in [0.1, 0.15) is 17.7 Å². The maximum atomic E-state index is 5.70. The molecular weight excluding hydrogens is 212 g/mol. The lowest BCUT2D eigenvalue weighted by Crippen LogP contribution is -2.33. The van der Waals surface area contributed by atoms with E-state index in [-0.39, 0.29) is 0 Å². The van der Waals surface area contributed by atoms with E-state index < -0.39 is 0 Å². The zero-order valence-corrected chi connectivity index (χ0v) is 10.8. The molecule has 0 aromatic carbocycles. The summed E-state index contributed by atoms with van der Waals surface area (Å²) in [6.45, 7) is 4.46. The third kappa shape index (κ3) is 3.41. The molecule has 94 valence electrons. The Balaban J connectivity index is 1.88. The normalized spacial score (nSPS) is 16.2. The van der Waals surface area contributed by atoms with Gasteiger partial charge in [0.2, 0.25) is 0 Å². The van der Waals surface area contributed by atoms with Crippen LogP contribution in [0, 0.1) is 0 Å². The van der Waals surface area contributed by atoms with Crippen molar-refractivity contribution in [1.29, 1.82) is 0 Å². The van der Waals surface area contributed by atoms with E-state index in [0.717, 1.165) is 26.1 Å². The molecule has 4 nitrogen and oxygen atoms in total. The minimum Gasteiger partial charge on any atom is -0.384 e. The van der Waals surface area contributed by atoms with E-state index in [1.807, 2.05) is 6.07 Å². The van der Waals surface area contributed by atoms with Crippen molar-refractivity contribution in [3.8, 4) is 0 Å². The zero-order valence-electron chi connectivity index (χ0n) is 10.8. The second kappa shape index (κ2) is 5.47. The molecule has 1 aliphatic heterocycles. The third-order valence-corrected chi connectivity index (χ3v) is 3.23. The molecule has 0 bridgehead atoms. The van der Waals surface area contributed by atoms with Crippen molar-refractivity contribution in [2.75, 3.05) is 39.5 Å². The van der Waals surface area contributed by atoms with Gasteiger partial charge in [0.05, 0.1) is 0 Å². The second-order valence-corrected chi connectivity index (χ2v) is 5.02. The average molecular weight is 234 g/mol. The first-order chi connectivity index (χ1) is 8.15. The zero-order chi connectivity index (χ0) is 12.3. The van der Waals surface area contributed by atoms with Crippen LogP contribution < -0.4 is 5.73 Å². The summed E-state index contributed by atoms with van der Waals surface area (Å²) < 4.78 is 0. The lowest BCUT2D eigenvalue weighted by atomic mass is 10.1. The molecule has 0 unspecified atom stereocenters. The number of nitrogens with two attached hydrogens (primary N) is 1. The molecule has 0 radical (unpaired) electrons. The van der Waals surface area contributed by atoms with Crippen LogP contribution in [0.5, 0.6) is 0 Å². The van der Waals surface area contributed by atoms with Crippen molar-refractivity contribution in [3.63, 3.8) is 0 Å². The Morgan fingerprint density at radius 3 is 3.00 bits per heavy atom. The van der Waals surface area contributed by atoms with Crippen LogP contribution in [-0.2, 0) is 13.0 Å². The number of nitrogens with zero attached hydrogens (tertiary/aromatic N) is 3. The summed E-state index contributed by atoms with van der Waals surface area (Å²) in [5.41, 5.74) is 8.23. The first kappa shape index (κ1) is 12.3. The molecule has 1 aliphatic rings. The molecule has 2 rings (SSSR count). The van der Waals surface area contributed by atoms with E-state index in [2.05, 4.69) is 34.9 Å². The second-order valence-electron chi connectivity index (χ2n) is 5.02. The minimum absolute atomic E-state index is 0.643. The van der Waals surface area contributed by atoms with Crippen LogP contribution in [-0.4, -0.2) is 48.5 Å². The molecule has 17 heavy (non-hydrogen) atoms. The van der Waals surface area contributed by atoms with Crippen molar-refractivity contribution in [1.82, 2.24) is 14.8 Å². The molecule has 0 saturated carbocycles.